The van der Waals surface area contributed by atoms with Gasteiger partial charge in [-0.05, 0) is 75.0 Å². The SMILES string of the molecule is Bc1c(B)c(-n2c(-c3ccccc3-c3c4ccccc4c(-c4ccccc4-c4ccccn4)c4ccccc34)nc3ccccc32)c(B)c(B)c1C. The fraction of sp³-hybridized carbons (Fsp3) is 0.0222. The molecule has 0 unspecified atom stereocenters. The van der Waals surface area contributed by atoms with E-state index in [0.717, 1.165) is 39.2 Å². The summed E-state index contributed by atoms with van der Waals surface area (Å²) in [6.45, 7) is 2.24. The van der Waals surface area contributed by atoms with Crippen LogP contribution in [0.25, 0.3) is 83.2 Å². The minimum atomic E-state index is 0.948. The van der Waals surface area contributed by atoms with Gasteiger partial charge in [0, 0.05) is 23.0 Å². The summed E-state index contributed by atoms with van der Waals surface area (Å²) < 4.78 is 2.42. The summed E-state index contributed by atoms with van der Waals surface area (Å²) >= 11 is 0. The normalized spacial score (nSPS) is 11.5. The lowest BCUT2D eigenvalue weighted by atomic mass is 9.66. The lowest BCUT2D eigenvalue weighted by Crippen LogP contribution is -2.46. The van der Waals surface area contributed by atoms with Crippen LogP contribution in [0.5, 0.6) is 0 Å². The Kier molecular flexibility index (Phi) is 7.73. The minimum absolute atomic E-state index is 0.948. The molecule has 9 aromatic rings. The first-order valence-corrected chi connectivity index (χ1v) is 18.0. The number of hydrogen-bond acceptors (Lipinski definition) is 2. The molecule has 0 aliphatic rings. The molecule has 9 rings (SSSR count). The zero-order valence-corrected chi connectivity index (χ0v) is 30.2. The van der Waals surface area contributed by atoms with Gasteiger partial charge in [0.15, 0.2) is 0 Å². The molecule has 0 fully saturated rings. The van der Waals surface area contributed by atoms with Gasteiger partial charge in [-0.3, -0.25) is 9.55 Å². The number of fused-ring (bicyclic) bond motifs is 3. The molecule has 2 aromatic heterocycles. The monoisotopic (exact) mass is 661 g/mol. The molecule has 0 saturated heterocycles. The van der Waals surface area contributed by atoms with Crippen molar-refractivity contribution in [1.29, 1.82) is 0 Å². The van der Waals surface area contributed by atoms with E-state index in [4.69, 9.17) is 9.97 Å². The first-order chi connectivity index (χ1) is 25.4. The van der Waals surface area contributed by atoms with E-state index in [9.17, 15) is 0 Å². The maximum absolute atomic E-state index is 5.44. The summed E-state index contributed by atoms with van der Waals surface area (Å²) in [5.74, 6) is 0.948. The molecule has 7 aromatic carbocycles. The highest BCUT2D eigenvalue weighted by molar-refractivity contribution is 6.59. The maximum Gasteiger partial charge on any atom is 0.146 e. The predicted octanol–water partition coefficient (Wildman–Crippen LogP) is 4.74. The Morgan fingerprint density at radius 2 is 0.923 bits per heavy atom. The highest BCUT2D eigenvalue weighted by atomic mass is 15.1. The van der Waals surface area contributed by atoms with Gasteiger partial charge < -0.3 is 0 Å². The molecule has 0 N–H and O–H groups in total. The van der Waals surface area contributed by atoms with Crippen molar-refractivity contribution in [2.45, 2.75) is 6.92 Å². The van der Waals surface area contributed by atoms with E-state index >= 15 is 0 Å². The molecule has 0 bridgehead atoms. The van der Waals surface area contributed by atoms with E-state index in [2.05, 4.69) is 176 Å². The lowest BCUT2D eigenvalue weighted by molar-refractivity contribution is 1.12. The van der Waals surface area contributed by atoms with Crippen molar-refractivity contribution < 1.29 is 0 Å². The van der Waals surface area contributed by atoms with Crippen LogP contribution >= 0.6 is 0 Å². The molecule has 0 aliphatic carbocycles. The van der Waals surface area contributed by atoms with Crippen molar-refractivity contribution >= 4 is 85.8 Å². The van der Waals surface area contributed by atoms with Gasteiger partial charge in [0.2, 0.25) is 0 Å². The molecule has 242 valence electrons. The average Bonchev–Trinajstić information content (AvgIpc) is 3.58. The van der Waals surface area contributed by atoms with Crippen LogP contribution in [0, 0.1) is 6.92 Å². The van der Waals surface area contributed by atoms with Crippen LogP contribution in [0.15, 0.2) is 146 Å². The van der Waals surface area contributed by atoms with Crippen LogP contribution < -0.4 is 21.9 Å². The number of imidazole rings is 1. The highest BCUT2D eigenvalue weighted by Crippen LogP contribution is 2.47. The van der Waals surface area contributed by atoms with Crippen LogP contribution in [-0.4, -0.2) is 45.9 Å². The molecule has 0 amide bonds. The molecule has 0 saturated carbocycles. The van der Waals surface area contributed by atoms with Crippen LogP contribution in [0.1, 0.15) is 5.56 Å². The van der Waals surface area contributed by atoms with Crippen molar-refractivity contribution in [2.24, 2.45) is 0 Å². The molecular formula is C45H35B4N3. The molecule has 52 heavy (non-hydrogen) atoms. The number of aromatic nitrogens is 3. The smallest absolute Gasteiger partial charge is 0.146 e. The Morgan fingerprint density at radius 1 is 0.462 bits per heavy atom. The van der Waals surface area contributed by atoms with Crippen LogP contribution in [0.2, 0.25) is 0 Å². The Bertz CT molecular complexity index is 2770. The number of hydrogen-bond donors (Lipinski definition) is 0. The fourth-order valence-corrected chi connectivity index (χ4v) is 8.30. The second-order valence-corrected chi connectivity index (χ2v) is 13.9. The van der Waals surface area contributed by atoms with Crippen molar-refractivity contribution in [3.63, 3.8) is 0 Å². The van der Waals surface area contributed by atoms with Crippen LogP contribution in [0.3, 0.4) is 0 Å². The van der Waals surface area contributed by atoms with Gasteiger partial charge in [0.05, 0.1) is 16.7 Å². The van der Waals surface area contributed by atoms with E-state index in [1.807, 2.05) is 12.3 Å². The highest BCUT2D eigenvalue weighted by Gasteiger charge is 2.25. The van der Waals surface area contributed by atoms with E-state index in [0.29, 0.717) is 0 Å². The third kappa shape index (κ3) is 4.87. The maximum atomic E-state index is 5.44. The van der Waals surface area contributed by atoms with Crippen LogP contribution in [0.4, 0.5) is 0 Å². The molecule has 0 radical (unpaired) electrons. The Balaban J connectivity index is 1.39. The second-order valence-electron chi connectivity index (χ2n) is 13.9. The summed E-state index contributed by atoms with van der Waals surface area (Å²) in [7, 11) is 9.02. The standard InChI is InChI=1S/C45H35B4N3/c1-26-40(46)42(48)44(43(49)41(26)47)52-37-24-11-10-23-36(37)51-45(52)34-21-9-8-20-33(34)39-31-18-6-4-16-29(31)38(30-17-5-7-19-32(30)39)28-15-3-2-14-27(28)35-22-12-13-25-50-35/h2-25H,46-49H2,1H3. The van der Waals surface area contributed by atoms with Crippen molar-refractivity contribution in [1.82, 2.24) is 14.5 Å². The average molecular weight is 661 g/mol. The van der Waals surface area contributed by atoms with Gasteiger partial charge >= 0.3 is 0 Å². The Labute approximate surface area is 308 Å². The summed E-state index contributed by atoms with van der Waals surface area (Å²) in [6.07, 6.45) is 1.87. The van der Waals surface area contributed by atoms with Crippen molar-refractivity contribution in [3.8, 4) is 50.6 Å². The minimum Gasteiger partial charge on any atom is -0.294 e. The Hall–Kier alpha value is -6.06. The summed E-state index contributed by atoms with van der Waals surface area (Å²) in [5, 5.41) is 4.83. The summed E-state index contributed by atoms with van der Waals surface area (Å²) in [5.41, 5.74) is 17.8. The first-order valence-electron chi connectivity index (χ1n) is 18.0. The number of pyridine rings is 1. The van der Waals surface area contributed by atoms with Gasteiger partial charge in [-0.15, -0.1) is 0 Å². The molecule has 0 atom stereocenters. The second kappa shape index (κ2) is 12.6. The number of benzene rings is 7. The van der Waals surface area contributed by atoms with Crippen molar-refractivity contribution in [3.05, 3.63) is 151 Å². The van der Waals surface area contributed by atoms with E-state index in [-0.39, 0.29) is 0 Å². The topological polar surface area (TPSA) is 30.7 Å². The number of rotatable bonds is 5. The van der Waals surface area contributed by atoms with Gasteiger partial charge in [0.1, 0.15) is 37.2 Å². The molecule has 0 aliphatic heterocycles. The van der Waals surface area contributed by atoms with Gasteiger partial charge in [-0.1, -0.05) is 143 Å². The third-order valence-electron chi connectivity index (χ3n) is 11.3. The predicted molar refractivity (Wildman–Crippen MR) is 233 cm³/mol. The molecule has 2 heterocycles. The third-order valence-corrected chi connectivity index (χ3v) is 11.3. The molecular weight excluding hydrogens is 626 g/mol. The zero-order valence-electron chi connectivity index (χ0n) is 30.2. The van der Waals surface area contributed by atoms with Gasteiger partial charge in [-0.2, -0.15) is 0 Å². The number of para-hydroxylation sites is 2. The van der Waals surface area contributed by atoms with Crippen LogP contribution in [-0.2, 0) is 0 Å². The van der Waals surface area contributed by atoms with E-state index < -0.39 is 0 Å². The van der Waals surface area contributed by atoms with Gasteiger partial charge in [0.25, 0.3) is 0 Å². The van der Waals surface area contributed by atoms with E-state index in [1.165, 1.54) is 71.3 Å². The zero-order chi connectivity index (χ0) is 35.5. The van der Waals surface area contributed by atoms with Crippen molar-refractivity contribution in [2.75, 3.05) is 0 Å². The summed E-state index contributed by atoms with van der Waals surface area (Å²) in [6, 6.07) is 50.0. The van der Waals surface area contributed by atoms with Gasteiger partial charge in [-0.25, -0.2) is 4.98 Å². The van der Waals surface area contributed by atoms with E-state index in [1.54, 1.807) is 0 Å². The number of nitrogens with zero attached hydrogens (tertiary/aromatic N) is 3. The molecule has 7 heteroatoms. The lowest BCUT2D eigenvalue weighted by Gasteiger charge is -2.24. The molecule has 3 nitrogen and oxygen atoms in total. The Morgan fingerprint density at radius 3 is 1.48 bits per heavy atom. The largest absolute Gasteiger partial charge is 0.294 e. The first kappa shape index (κ1) is 31.9. The molecule has 0 spiro atoms. The fourth-order valence-electron chi connectivity index (χ4n) is 8.30. The quantitative estimate of drug-likeness (QED) is 0.197. The summed E-state index contributed by atoms with van der Waals surface area (Å²) in [4.78, 5) is 10.2.